The minimum Gasteiger partial charge on any atom is -0.495 e. The molecule has 0 heterocycles. The van der Waals surface area contributed by atoms with Crippen LogP contribution in [0.2, 0.25) is 5.02 Å². The average molecular weight is 301 g/mol. The van der Waals surface area contributed by atoms with E-state index in [1.54, 1.807) is 26.0 Å². The molecule has 3 N–H and O–H groups in total. The van der Waals surface area contributed by atoms with E-state index in [1.165, 1.54) is 13.2 Å². The molecule has 0 fully saturated rings. The fourth-order valence-corrected chi connectivity index (χ4v) is 1.82. The van der Waals surface area contributed by atoms with Crippen molar-refractivity contribution in [3.63, 3.8) is 0 Å². The van der Waals surface area contributed by atoms with Crippen molar-refractivity contribution < 1.29 is 19.4 Å². The van der Waals surface area contributed by atoms with Crippen molar-refractivity contribution >= 4 is 29.3 Å². The Labute approximate surface area is 122 Å². The molecule has 0 saturated carbocycles. The molecule has 1 aromatic carbocycles. The summed E-state index contributed by atoms with van der Waals surface area (Å²) in [6, 6.07) is 3.17. The van der Waals surface area contributed by atoms with E-state index in [9.17, 15) is 9.59 Å². The van der Waals surface area contributed by atoms with E-state index in [0.29, 0.717) is 16.5 Å². The van der Waals surface area contributed by atoms with Gasteiger partial charge in [-0.3, -0.25) is 0 Å². The molecule has 0 aliphatic carbocycles. The molecular formula is C13H17ClN2O4. The first-order chi connectivity index (χ1) is 9.35. The van der Waals surface area contributed by atoms with Crippen molar-refractivity contribution in [1.29, 1.82) is 0 Å². The first-order valence-corrected chi connectivity index (χ1v) is 6.36. The molecular weight excluding hydrogens is 284 g/mol. The molecule has 0 aliphatic rings. The molecule has 1 atom stereocenters. The van der Waals surface area contributed by atoms with Crippen LogP contribution >= 0.6 is 11.6 Å². The number of halogens is 1. The number of nitrogens with one attached hydrogen (secondary N) is 2. The lowest BCUT2D eigenvalue weighted by Gasteiger charge is -2.18. The summed E-state index contributed by atoms with van der Waals surface area (Å²) < 4.78 is 4.99. The van der Waals surface area contributed by atoms with Crippen LogP contribution in [-0.4, -0.2) is 30.3 Å². The van der Waals surface area contributed by atoms with Gasteiger partial charge in [0.2, 0.25) is 0 Å². The van der Waals surface area contributed by atoms with Gasteiger partial charge in [0, 0.05) is 5.69 Å². The zero-order chi connectivity index (χ0) is 15.3. The molecule has 7 heteroatoms. The average Bonchev–Trinajstić information content (AvgIpc) is 2.35. The van der Waals surface area contributed by atoms with Gasteiger partial charge in [0.15, 0.2) is 0 Å². The number of urea groups is 1. The van der Waals surface area contributed by atoms with Crippen molar-refractivity contribution in [3.05, 3.63) is 23.2 Å². The summed E-state index contributed by atoms with van der Waals surface area (Å²) in [4.78, 5) is 22.7. The Hall–Kier alpha value is -1.95. The minimum atomic E-state index is -1.08. The molecule has 0 radical (unpaired) electrons. The Kier molecular flexibility index (Phi) is 5.64. The summed E-state index contributed by atoms with van der Waals surface area (Å²) >= 11 is 5.93. The summed E-state index contributed by atoms with van der Waals surface area (Å²) in [7, 11) is 1.49. The van der Waals surface area contributed by atoms with Crippen LogP contribution in [0.15, 0.2) is 18.2 Å². The predicted molar refractivity (Wildman–Crippen MR) is 76.4 cm³/mol. The molecule has 2 amide bonds. The lowest BCUT2D eigenvalue weighted by molar-refractivity contribution is -0.140. The van der Waals surface area contributed by atoms with Gasteiger partial charge in [-0.15, -0.1) is 0 Å². The number of carboxylic acids is 1. The van der Waals surface area contributed by atoms with E-state index < -0.39 is 18.0 Å². The van der Waals surface area contributed by atoms with Gasteiger partial charge in [0.05, 0.1) is 12.1 Å². The van der Waals surface area contributed by atoms with Gasteiger partial charge in [0.25, 0.3) is 0 Å². The lowest BCUT2D eigenvalue weighted by Crippen LogP contribution is -2.46. The molecule has 110 valence electrons. The quantitative estimate of drug-likeness (QED) is 0.780. The maximum atomic E-state index is 11.7. The number of carbonyl (C=O) groups excluding carboxylic acids is 1. The Balaban J connectivity index is 2.71. The second kappa shape index (κ2) is 7.00. The highest BCUT2D eigenvalue weighted by molar-refractivity contribution is 6.32. The Morgan fingerprint density at radius 2 is 2.00 bits per heavy atom. The van der Waals surface area contributed by atoms with Crippen molar-refractivity contribution in [1.82, 2.24) is 5.32 Å². The number of rotatable bonds is 5. The van der Waals surface area contributed by atoms with Crippen LogP contribution in [0.4, 0.5) is 10.5 Å². The smallest absolute Gasteiger partial charge is 0.326 e. The summed E-state index contributed by atoms with van der Waals surface area (Å²) in [5.74, 6) is -0.816. The van der Waals surface area contributed by atoms with Crippen LogP contribution in [-0.2, 0) is 4.79 Å². The van der Waals surface area contributed by atoms with Crippen molar-refractivity contribution in [2.24, 2.45) is 5.92 Å². The van der Waals surface area contributed by atoms with Crippen molar-refractivity contribution in [3.8, 4) is 5.75 Å². The van der Waals surface area contributed by atoms with E-state index in [-0.39, 0.29) is 5.92 Å². The number of carbonyl (C=O) groups is 2. The van der Waals surface area contributed by atoms with Crippen LogP contribution in [0, 0.1) is 5.92 Å². The van der Waals surface area contributed by atoms with E-state index >= 15 is 0 Å². The monoisotopic (exact) mass is 300 g/mol. The normalized spacial score (nSPS) is 11.8. The second-order valence-corrected chi connectivity index (χ2v) is 4.91. The third kappa shape index (κ3) is 4.31. The highest BCUT2D eigenvalue weighted by Gasteiger charge is 2.23. The Morgan fingerprint density at radius 1 is 1.35 bits per heavy atom. The molecule has 1 rings (SSSR count). The molecule has 0 bridgehead atoms. The molecule has 0 spiro atoms. The maximum absolute atomic E-state index is 11.7. The number of hydrogen-bond acceptors (Lipinski definition) is 3. The molecule has 20 heavy (non-hydrogen) atoms. The molecule has 0 unspecified atom stereocenters. The largest absolute Gasteiger partial charge is 0.495 e. The fourth-order valence-electron chi connectivity index (χ4n) is 1.57. The third-order valence-electron chi connectivity index (χ3n) is 2.63. The fraction of sp³-hybridized carbons (Fsp3) is 0.385. The lowest BCUT2D eigenvalue weighted by atomic mass is 10.1. The number of aliphatic carboxylic acids is 1. The van der Waals surface area contributed by atoms with Crippen LogP contribution in [0.25, 0.3) is 0 Å². The SMILES string of the molecule is COc1ccc(NC(=O)N[C@H](C(=O)O)C(C)C)cc1Cl. The van der Waals surface area contributed by atoms with E-state index in [4.69, 9.17) is 21.4 Å². The summed E-state index contributed by atoms with van der Waals surface area (Å²) in [5.41, 5.74) is 0.446. The summed E-state index contributed by atoms with van der Waals surface area (Å²) in [6.07, 6.45) is 0. The first-order valence-electron chi connectivity index (χ1n) is 5.99. The van der Waals surface area contributed by atoms with Crippen LogP contribution in [0.5, 0.6) is 5.75 Å². The maximum Gasteiger partial charge on any atom is 0.326 e. The van der Waals surface area contributed by atoms with E-state index in [1.807, 2.05) is 0 Å². The van der Waals surface area contributed by atoms with Gasteiger partial charge in [-0.2, -0.15) is 0 Å². The molecule has 0 saturated heterocycles. The minimum absolute atomic E-state index is 0.224. The van der Waals surface area contributed by atoms with Gasteiger partial charge in [-0.05, 0) is 24.1 Å². The third-order valence-corrected chi connectivity index (χ3v) is 2.92. The summed E-state index contributed by atoms with van der Waals surface area (Å²) in [6.45, 7) is 3.42. The van der Waals surface area contributed by atoms with Crippen LogP contribution < -0.4 is 15.4 Å². The number of hydrogen-bond donors (Lipinski definition) is 3. The first kappa shape index (κ1) is 16.1. The second-order valence-electron chi connectivity index (χ2n) is 4.51. The molecule has 0 aliphatic heterocycles. The van der Waals surface area contributed by atoms with Gasteiger partial charge in [0.1, 0.15) is 11.8 Å². The zero-order valence-electron chi connectivity index (χ0n) is 11.4. The van der Waals surface area contributed by atoms with Crippen LogP contribution in [0.1, 0.15) is 13.8 Å². The highest BCUT2D eigenvalue weighted by atomic mass is 35.5. The number of methoxy groups -OCH3 is 1. The van der Waals surface area contributed by atoms with Crippen LogP contribution in [0.3, 0.4) is 0 Å². The van der Waals surface area contributed by atoms with Gasteiger partial charge in [-0.1, -0.05) is 25.4 Å². The van der Waals surface area contributed by atoms with Crippen molar-refractivity contribution in [2.45, 2.75) is 19.9 Å². The zero-order valence-corrected chi connectivity index (χ0v) is 12.2. The molecule has 0 aromatic heterocycles. The van der Waals surface area contributed by atoms with Gasteiger partial charge in [-0.25, -0.2) is 9.59 Å². The van der Waals surface area contributed by atoms with E-state index in [0.717, 1.165) is 0 Å². The Morgan fingerprint density at radius 3 is 2.45 bits per heavy atom. The number of benzene rings is 1. The van der Waals surface area contributed by atoms with Crippen molar-refractivity contribution in [2.75, 3.05) is 12.4 Å². The number of amides is 2. The Bertz CT molecular complexity index is 505. The summed E-state index contributed by atoms with van der Waals surface area (Å²) in [5, 5.41) is 14.3. The van der Waals surface area contributed by atoms with E-state index in [2.05, 4.69) is 10.6 Å². The number of anilines is 1. The van der Waals surface area contributed by atoms with Gasteiger partial charge < -0.3 is 20.5 Å². The number of carboxylic acid groups (broad SMARTS) is 1. The molecule has 6 nitrogen and oxygen atoms in total. The topological polar surface area (TPSA) is 87.7 Å². The molecule has 1 aromatic rings. The number of ether oxygens (including phenoxy) is 1. The standard InChI is InChI=1S/C13H17ClN2O4/c1-7(2)11(12(17)18)16-13(19)15-8-4-5-10(20-3)9(14)6-8/h4-7,11H,1-3H3,(H,17,18)(H2,15,16,19)/t11-/m0/s1. The highest BCUT2D eigenvalue weighted by Crippen LogP contribution is 2.27. The predicted octanol–water partition coefficient (Wildman–Crippen LogP) is 2.58. The van der Waals surface area contributed by atoms with Gasteiger partial charge >= 0.3 is 12.0 Å².